The number of nitriles is 1. The third-order valence-corrected chi connectivity index (χ3v) is 3.42. The Morgan fingerprint density at radius 2 is 1.90 bits per heavy atom. The molecule has 1 amide bonds. The third kappa shape index (κ3) is 3.73. The van der Waals surface area contributed by atoms with E-state index in [4.69, 9.17) is 11.0 Å². The highest BCUT2D eigenvalue weighted by Crippen LogP contribution is 2.35. The van der Waals surface area contributed by atoms with Gasteiger partial charge in [-0.2, -0.15) is 18.4 Å². The van der Waals surface area contributed by atoms with Crippen LogP contribution < -0.4 is 11.1 Å². The standard InChI is InChI=1S/C14H16F3N3O/c1-3-13(19,4-2)12(21)20-11-6-5-9(8-18)7-10(11)14(15,16)17/h5-7H,3-4,19H2,1-2H3,(H,20,21). The summed E-state index contributed by atoms with van der Waals surface area (Å²) in [6.45, 7) is 3.37. The predicted octanol–water partition coefficient (Wildman–Crippen LogP) is 3.03. The smallest absolute Gasteiger partial charge is 0.324 e. The zero-order chi connectivity index (χ0) is 16.3. The van der Waals surface area contributed by atoms with E-state index in [0.29, 0.717) is 18.9 Å². The maximum absolute atomic E-state index is 13.0. The van der Waals surface area contributed by atoms with Gasteiger partial charge < -0.3 is 11.1 Å². The van der Waals surface area contributed by atoms with Crippen molar-refractivity contribution in [1.29, 1.82) is 5.26 Å². The number of nitrogens with one attached hydrogen (secondary N) is 1. The van der Waals surface area contributed by atoms with Gasteiger partial charge in [0.1, 0.15) is 0 Å². The van der Waals surface area contributed by atoms with Gasteiger partial charge in [0.05, 0.1) is 28.4 Å². The number of anilines is 1. The molecule has 1 aromatic carbocycles. The number of carbonyl (C=O) groups is 1. The number of benzene rings is 1. The molecular formula is C14H16F3N3O. The van der Waals surface area contributed by atoms with E-state index in [2.05, 4.69) is 5.32 Å². The van der Waals surface area contributed by atoms with Crippen molar-refractivity contribution in [2.45, 2.75) is 38.4 Å². The first kappa shape index (κ1) is 17.0. The van der Waals surface area contributed by atoms with E-state index in [1.165, 1.54) is 6.07 Å². The van der Waals surface area contributed by atoms with Crippen LogP contribution in [0.5, 0.6) is 0 Å². The SMILES string of the molecule is CCC(N)(CC)C(=O)Nc1ccc(C#N)cc1C(F)(F)F. The van der Waals surface area contributed by atoms with Gasteiger partial charge >= 0.3 is 6.18 Å². The van der Waals surface area contributed by atoms with Crippen LogP contribution in [0.3, 0.4) is 0 Å². The van der Waals surface area contributed by atoms with E-state index in [0.717, 1.165) is 6.07 Å². The molecule has 114 valence electrons. The van der Waals surface area contributed by atoms with Gasteiger partial charge in [0.25, 0.3) is 0 Å². The summed E-state index contributed by atoms with van der Waals surface area (Å²) in [5.74, 6) is -0.678. The van der Waals surface area contributed by atoms with Crippen molar-refractivity contribution in [3.63, 3.8) is 0 Å². The molecule has 0 saturated carbocycles. The summed E-state index contributed by atoms with van der Waals surface area (Å²) in [4.78, 5) is 12.1. The molecule has 0 heterocycles. The molecule has 3 N–H and O–H groups in total. The second-order valence-electron chi connectivity index (χ2n) is 4.69. The van der Waals surface area contributed by atoms with Gasteiger partial charge in [-0.3, -0.25) is 4.79 Å². The lowest BCUT2D eigenvalue weighted by molar-refractivity contribution is -0.137. The topological polar surface area (TPSA) is 78.9 Å². The molecule has 0 aromatic heterocycles. The number of hydrogen-bond acceptors (Lipinski definition) is 3. The van der Waals surface area contributed by atoms with Gasteiger partial charge in [-0.1, -0.05) is 13.8 Å². The van der Waals surface area contributed by atoms with Crippen LogP contribution in [-0.4, -0.2) is 11.4 Å². The Morgan fingerprint density at radius 3 is 2.33 bits per heavy atom. The van der Waals surface area contributed by atoms with Gasteiger partial charge in [0.15, 0.2) is 0 Å². The van der Waals surface area contributed by atoms with Crippen LogP contribution in [0.4, 0.5) is 18.9 Å². The van der Waals surface area contributed by atoms with Crippen molar-refractivity contribution in [2.75, 3.05) is 5.32 Å². The number of carbonyl (C=O) groups excluding carboxylic acids is 1. The minimum Gasteiger partial charge on any atom is -0.324 e. The summed E-state index contributed by atoms with van der Waals surface area (Å²) >= 11 is 0. The van der Waals surface area contributed by atoms with Crippen LogP contribution in [0, 0.1) is 11.3 Å². The lowest BCUT2D eigenvalue weighted by Gasteiger charge is -2.26. The summed E-state index contributed by atoms with van der Waals surface area (Å²) in [5, 5.41) is 10.9. The van der Waals surface area contributed by atoms with E-state index in [9.17, 15) is 18.0 Å². The Balaban J connectivity index is 3.21. The molecule has 0 atom stereocenters. The Bertz CT molecular complexity index is 572. The minimum absolute atomic E-state index is 0.134. The van der Waals surface area contributed by atoms with Crippen LogP contribution in [0.1, 0.15) is 37.8 Å². The largest absolute Gasteiger partial charge is 0.418 e. The quantitative estimate of drug-likeness (QED) is 0.897. The van der Waals surface area contributed by atoms with E-state index >= 15 is 0 Å². The van der Waals surface area contributed by atoms with Gasteiger partial charge in [0, 0.05) is 0 Å². The minimum atomic E-state index is -4.68. The molecular weight excluding hydrogens is 283 g/mol. The maximum atomic E-state index is 13.0. The molecule has 0 fully saturated rings. The molecule has 0 saturated heterocycles. The first-order valence-electron chi connectivity index (χ1n) is 6.39. The second-order valence-corrected chi connectivity index (χ2v) is 4.69. The highest BCUT2D eigenvalue weighted by atomic mass is 19.4. The molecule has 0 spiro atoms. The Hall–Kier alpha value is -2.07. The summed E-state index contributed by atoms with van der Waals surface area (Å²) in [5.41, 5.74) is 3.03. The van der Waals surface area contributed by atoms with Crippen molar-refractivity contribution in [1.82, 2.24) is 0 Å². The zero-order valence-electron chi connectivity index (χ0n) is 11.7. The van der Waals surface area contributed by atoms with Crippen LogP contribution in [0.25, 0.3) is 0 Å². The van der Waals surface area contributed by atoms with Crippen molar-refractivity contribution in [3.8, 4) is 6.07 Å². The zero-order valence-corrected chi connectivity index (χ0v) is 11.7. The molecule has 0 aliphatic carbocycles. The Morgan fingerprint density at radius 1 is 1.33 bits per heavy atom. The van der Waals surface area contributed by atoms with Crippen LogP contribution in [0.15, 0.2) is 18.2 Å². The summed E-state index contributed by atoms with van der Waals surface area (Å²) in [6.07, 6.45) is -4.08. The van der Waals surface area contributed by atoms with E-state index in [1.54, 1.807) is 19.9 Å². The van der Waals surface area contributed by atoms with Gasteiger partial charge in [-0.15, -0.1) is 0 Å². The molecule has 0 aliphatic heterocycles. The van der Waals surface area contributed by atoms with Gasteiger partial charge in [0.2, 0.25) is 5.91 Å². The van der Waals surface area contributed by atoms with E-state index in [1.807, 2.05) is 0 Å². The number of nitrogens with zero attached hydrogens (tertiary/aromatic N) is 1. The Kier molecular flexibility index (Phi) is 4.97. The van der Waals surface area contributed by atoms with Crippen LogP contribution >= 0.6 is 0 Å². The highest BCUT2D eigenvalue weighted by molar-refractivity contribution is 5.98. The van der Waals surface area contributed by atoms with E-state index < -0.39 is 28.9 Å². The summed E-state index contributed by atoms with van der Waals surface area (Å²) in [7, 11) is 0. The number of amides is 1. The average Bonchev–Trinajstić information content (AvgIpc) is 2.45. The number of hydrogen-bond donors (Lipinski definition) is 2. The molecule has 1 rings (SSSR count). The molecule has 0 unspecified atom stereocenters. The van der Waals surface area contributed by atoms with Crippen LogP contribution in [0.2, 0.25) is 0 Å². The monoisotopic (exact) mass is 299 g/mol. The van der Waals surface area contributed by atoms with Gasteiger partial charge in [-0.05, 0) is 31.0 Å². The summed E-state index contributed by atoms with van der Waals surface area (Å²) in [6, 6.07) is 4.61. The fraction of sp³-hybridized carbons (Fsp3) is 0.429. The Labute approximate surface area is 120 Å². The van der Waals surface area contributed by atoms with Gasteiger partial charge in [-0.25, -0.2) is 0 Å². The molecule has 7 heteroatoms. The van der Waals surface area contributed by atoms with Crippen LogP contribution in [-0.2, 0) is 11.0 Å². The lowest BCUT2D eigenvalue weighted by atomic mass is 9.93. The molecule has 1 aromatic rings. The summed E-state index contributed by atoms with van der Waals surface area (Å²) < 4.78 is 39.0. The van der Waals surface area contributed by atoms with Crippen molar-refractivity contribution < 1.29 is 18.0 Å². The predicted molar refractivity (Wildman–Crippen MR) is 72.3 cm³/mol. The normalized spacial score (nSPS) is 11.9. The first-order valence-corrected chi connectivity index (χ1v) is 6.39. The number of alkyl halides is 3. The molecule has 21 heavy (non-hydrogen) atoms. The molecule has 0 radical (unpaired) electrons. The maximum Gasteiger partial charge on any atom is 0.418 e. The van der Waals surface area contributed by atoms with E-state index in [-0.39, 0.29) is 5.56 Å². The number of nitrogens with two attached hydrogens (primary N) is 1. The second kappa shape index (κ2) is 6.14. The molecule has 4 nitrogen and oxygen atoms in total. The lowest BCUT2D eigenvalue weighted by Crippen LogP contribution is -2.50. The number of rotatable bonds is 4. The van der Waals surface area contributed by atoms with Crippen molar-refractivity contribution >= 4 is 11.6 Å². The average molecular weight is 299 g/mol. The number of halogens is 3. The molecule has 0 bridgehead atoms. The molecule has 0 aliphatic rings. The highest BCUT2D eigenvalue weighted by Gasteiger charge is 2.36. The fourth-order valence-electron chi connectivity index (χ4n) is 1.78. The van der Waals surface area contributed by atoms with Crippen molar-refractivity contribution in [3.05, 3.63) is 29.3 Å². The van der Waals surface area contributed by atoms with Crippen molar-refractivity contribution in [2.24, 2.45) is 5.73 Å². The third-order valence-electron chi connectivity index (χ3n) is 3.42. The fourth-order valence-corrected chi connectivity index (χ4v) is 1.78. The first-order chi connectivity index (χ1) is 9.67.